The maximum atomic E-state index is 12.8. The molecular formula is C22H20ClN2O5S-. The minimum absolute atomic E-state index is 0.159. The number of nitrogens with one attached hydrogen (secondary N) is 1. The maximum Gasteiger partial charge on any atom is 0.261 e. The summed E-state index contributed by atoms with van der Waals surface area (Å²) >= 11 is 5.94. The van der Waals surface area contributed by atoms with Crippen LogP contribution < -0.4 is 9.83 Å². The Hall–Kier alpha value is -2.81. The minimum Gasteiger partial charge on any atom is -0.542 e. The number of nitrogens with zero attached hydrogens (tertiary/aromatic N) is 1. The van der Waals surface area contributed by atoms with Gasteiger partial charge in [0.25, 0.3) is 10.0 Å². The summed E-state index contributed by atoms with van der Waals surface area (Å²) in [6.07, 6.45) is 0.754. The van der Waals surface area contributed by atoms with Crippen LogP contribution in [0.4, 0.5) is 5.69 Å². The molecule has 2 heterocycles. The monoisotopic (exact) mass is 459 g/mol. The van der Waals surface area contributed by atoms with E-state index in [9.17, 15) is 18.3 Å². The summed E-state index contributed by atoms with van der Waals surface area (Å²) in [6, 6.07) is 13.3. The third-order valence-electron chi connectivity index (χ3n) is 5.19. The third-order valence-corrected chi connectivity index (χ3v) is 6.80. The third kappa shape index (κ3) is 4.76. The molecule has 0 aliphatic carbocycles. The van der Waals surface area contributed by atoms with Crippen LogP contribution in [0.3, 0.4) is 0 Å². The first-order valence-electron chi connectivity index (χ1n) is 9.64. The quantitative estimate of drug-likeness (QED) is 0.608. The summed E-state index contributed by atoms with van der Waals surface area (Å²) in [5.74, 6) is -0.964. The van der Waals surface area contributed by atoms with Crippen LogP contribution in [-0.2, 0) is 29.5 Å². The molecule has 0 bridgehead atoms. The van der Waals surface area contributed by atoms with Gasteiger partial charge < -0.3 is 14.3 Å². The van der Waals surface area contributed by atoms with Gasteiger partial charge in [0, 0.05) is 18.1 Å². The number of benzene rings is 2. The molecule has 7 nitrogen and oxygen atoms in total. The van der Waals surface area contributed by atoms with Gasteiger partial charge >= 0.3 is 0 Å². The lowest BCUT2D eigenvalue weighted by molar-refractivity contribution is -0.257. The second-order valence-electron chi connectivity index (χ2n) is 7.52. The highest BCUT2D eigenvalue weighted by Crippen LogP contribution is 2.26. The zero-order chi connectivity index (χ0) is 22.2. The Bertz CT molecular complexity index is 1250. The number of carboxylic acid groups (broad SMARTS) is 1. The molecule has 2 aromatic carbocycles. The van der Waals surface area contributed by atoms with Crippen LogP contribution in [0.15, 0.2) is 57.8 Å². The van der Waals surface area contributed by atoms with E-state index in [4.69, 9.17) is 16.0 Å². The van der Waals surface area contributed by atoms with Crippen molar-refractivity contribution in [1.29, 1.82) is 0 Å². The second-order valence-corrected chi connectivity index (χ2v) is 9.64. The van der Waals surface area contributed by atoms with Crippen LogP contribution in [0.1, 0.15) is 33.0 Å². The van der Waals surface area contributed by atoms with E-state index in [0.29, 0.717) is 35.1 Å². The summed E-state index contributed by atoms with van der Waals surface area (Å²) in [6.45, 7) is 3.36. The normalized spacial score (nSPS) is 14.3. The second kappa shape index (κ2) is 8.37. The van der Waals surface area contributed by atoms with Crippen molar-refractivity contribution < 1.29 is 22.7 Å². The van der Waals surface area contributed by atoms with Crippen molar-refractivity contribution in [3.63, 3.8) is 0 Å². The maximum absolute atomic E-state index is 12.8. The molecule has 0 radical (unpaired) electrons. The van der Waals surface area contributed by atoms with Crippen LogP contribution in [0.25, 0.3) is 0 Å². The van der Waals surface area contributed by atoms with Crippen molar-refractivity contribution >= 4 is 33.3 Å². The van der Waals surface area contributed by atoms with Gasteiger partial charge in [0.15, 0.2) is 5.76 Å². The molecule has 1 aliphatic rings. The lowest BCUT2D eigenvalue weighted by Gasteiger charge is -2.28. The highest BCUT2D eigenvalue weighted by Gasteiger charge is 2.22. The van der Waals surface area contributed by atoms with E-state index in [1.54, 1.807) is 49.4 Å². The fourth-order valence-corrected chi connectivity index (χ4v) is 5.00. The molecule has 31 heavy (non-hydrogen) atoms. The van der Waals surface area contributed by atoms with Crippen LogP contribution in [0, 0.1) is 6.92 Å². The zero-order valence-corrected chi connectivity index (χ0v) is 18.3. The van der Waals surface area contributed by atoms with E-state index in [1.807, 2.05) is 6.07 Å². The molecule has 0 atom stereocenters. The fraction of sp³-hybridized carbons (Fsp3) is 0.227. The Morgan fingerprint density at radius 1 is 1.19 bits per heavy atom. The van der Waals surface area contributed by atoms with Crippen LogP contribution in [0.5, 0.6) is 0 Å². The minimum atomic E-state index is -3.77. The van der Waals surface area contributed by atoms with Crippen molar-refractivity contribution in [2.24, 2.45) is 0 Å². The van der Waals surface area contributed by atoms with Crippen LogP contribution >= 0.6 is 11.6 Å². The topological polar surface area (TPSA) is 103 Å². The van der Waals surface area contributed by atoms with Crippen molar-refractivity contribution in [2.75, 3.05) is 11.3 Å². The molecule has 1 N–H and O–H groups in total. The summed E-state index contributed by atoms with van der Waals surface area (Å²) in [5.41, 5.74) is 2.91. The Morgan fingerprint density at radius 3 is 2.71 bits per heavy atom. The van der Waals surface area contributed by atoms with Gasteiger partial charge in [-0.3, -0.25) is 9.62 Å². The fourth-order valence-electron chi connectivity index (χ4n) is 3.71. The Labute approximate surface area is 185 Å². The predicted molar refractivity (Wildman–Crippen MR) is 114 cm³/mol. The SMILES string of the molecule is Cc1cc(CN2CCc3ccc(S(=O)(=O)Nc4cccc(Cl)c4)cc3C2)oc1C(=O)[O-]. The predicted octanol–water partition coefficient (Wildman–Crippen LogP) is 2.96. The summed E-state index contributed by atoms with van der Waals surface area (Å²) < 4.78 is 33.6. The van der Waals surface area contributed by atoms with Crippen molar-refractivity contribution in [1.82, 2.24) is 4.90 Å². The number of carboxylic acids is 1. The number of halogens is 1. The number of carbonyl (C=O) groups excluding carboxylic acids is 1. The van der Waals surface area contributed by atoms with E-state index in [2.05, 4.69) is 9.62 Å². The number of aryl methyl sites for hydroxylation is 1. The molecule has 0 amide bonds. The molecule has 0 fully saturated rings. The number of anilines is 1. The molecule has 1 aromatic heterocycles. The molecule has 3 aromatic rings. The molecular weight excluding hydrogens is 440 g/mol. The van der Waals surface area contributed by atoms with Gasteiger partial charge in [-0.15, -0.1) is 0 Å². The van der Waals surface area contributed by atoms with E-state index < -0.39 is 16.0 Å². The average Bonchev–Trinajstić information content (AvgIpc) is 3.07. The van der Waals surface area contributed by atoms with Gasteiger partial charge in [-0.2, -0.15) is 0 Å². The number of hydrogen-bond donors (Lipinski definition) is 1. The number of sulfonamides is 1. The summed E-state index contributed by atoms with van der Waals surface area (Å²) in [7, 11) is -3.77. The lowest BCUT2D eigenvalue weighted by atomic mass is 10.00. The number of hydrogen-bond acceptors (Lipinski definition) is 6. The molecule has 0 saturated carbocycles. The van der Waals surface area contributed by atoms with E-state index in [-0.39, 0.29) is 10.7 Å². The molecule has 0 spiro atoms. The number of furan rings is 1. The van der Waals surface area contributed by atoms with Gasteiger partial charge in [0.1, 0.15) is 11.7 Å². The first-order chi connectivity index (χ1) is 14.7. The van der Waals surface area contributed by atoms with Crippen LogP contribution in [0.2, 0.25) is 5.02 Å². The summed E-state index contributed by atoms with van der Waals surface area (Å²) in [4.78, 5) is 13.3. The first kappa shape index (κ1) is 21.4. The van der Waals surface area contributed by atoms with E-state index in [0.717, 1.165) is 24.1 Å². The van der Waals surface area contributed by atoms with Crippen molar-refractivity contribution in [3.8, 4) is 0 Å². The largest absolute Gasteiger partial charge is 0.542 e. The zero-order valence-electron chi connectivity index (χ0n) is 16.7. The smallest absolute Gasteiger partial charge is 0.261 e. The Balaban J connectivity index is 1.52. The molecule has 0 saturated heterocycles. The lowest BCUT2D eigenvalue weighted by Crippen LogP contribution is -2.30. The summed E-state index contributed by atoms with van der Waals surface area (Å²) in [5, 5.41) is 11.5. The average molecular weight is 460 g/mol. The molecule has 0 unspecified atom stereocenters. The van der Waals surface area contributed by atoms with Gasteiger partial charge in [0.05, 0.1) is 17.1 Å². The number of carbonyl (C=O) groups is 1. The Kier molecular flexibility index (Phi) is 5.79. The molecule has 4 rings (SSSR count). The molecule has 1 aliphatic heterocycles. The van der Waals surface area contributed by atoms with E-state index >= 15 is 0 Å². The van der Waals surface area contributed by atoms with Crippen LogP contribution in [-0.4, -0.2) is 25.8 Å². The van der Waals surface area contributed by atoms with E-state index in [1.165, 1.54) is 0 Å². The molecule has 162 valence electrons. The van der Waals surface area contributed by atoms with Crippen molar-refractivity contribution in [3.05, 3.63) is 81.8 Å². The van der Waals surface area contributed by atoms with Crippen molar-refractivity contribution in [2.45, 2.75) is 31.3 Å². The Morgan fingerprint density at radius 2 is 2.00 bits per heavy atom. The standard InChI is InChI=1S/C22H21ClN2O5S/c1-14-9-19(30-21(14)22(26)27)13-25-8-7-15-5-6-20(10-16(15)12-25)31(28,29)24-18-4-2-3-17(23)11-18/h2-6,9-11,24H,7-8,12-13H2,1H3,(H,26,27)/p-1. The van der Waals surface area contributed by atoms with Gasteiger partial charge in [-0.1, -0.05) is 23.7 Å². The number of fused-ring (bicyclic) bond motifs is 1. The highest BCUT2D eigenvalue weighted by atomic mass is 35.5. The molecule has 9 heteroatoms. The number of aromatic carboxylic acids is 1. The van der Waals surface area contributed by atoms with Gasteiger partial charge in [0.2, 0.25) is 0 Å². The first-order valence-corrected chi connectivity index (χ1v) is 11.5. The van der Waals surface area contributed by atoms with Gasteiger partial charge in [-0.25, -0.2) is 8.42 Å². The van der Waals surface area contributed by atoms with Gasteiger partial charge in [-0.05, 0) is 66.4 Å². The highest BCUT2D eigenvalue weighted by molar-refractivity contribution is 7.92. The number of rotatable bonds is 6.